The summed E-state index contributed by atoms with van der Waals surface area (Å²) in [6, 6.07) is 4.68. The summed E-state index contributed by atoms with van der Waals surface area (Å²) in [5.74, 6) is -0.393. The van der Waals surface area contributed by atoms with E-state index in [1.54, 1.807) is 23.6 Å². The fourth-order valence-corrected chi connectivity index (χ4v) is 4.13. The van der Waals surface area contributed by atoms with Crippen molar-refractivity contribution in [3.05, 3.63) is 49.1 Å². The van der Waals surface area contributed by atoms with Crippen LogP contribution in [0.15, 0.2) is 28.0 Å². The van der Waals surface area contributed by atoms with Gasteiger partial charge in [0.2, 0.25) is 0 Å². The standard InChI is InChI=1S/C15H13FIN3O2S/c1-7-12(19-10-3-2-8(17)6-9(10)16)11(13(18)21)15-20(14(7)22)4-5-23-15/h2-3,6,19H,4-5H2,1H3,(H2,18,21). The highest BCUT2D eigenvalue weighted by molar-refractivity contribution is 14.1. The molecule has 2 heterocycles. The van der Waals surface area contributed by atoms with Crippen LogP contribution in [-0.2, 0) is 6.54 Å². The van der Waals surface area contributed by atoms with E-state index >= 15 is 0 Å². The summed E-state index contributed by atoms with van der Waals surface area (Å²) in [6.07, 6.45) is 0. The lowest BCUT2D eigenvalue weighted by atomic mass is 10.1. The van der Waals surface area contributed by atoms with Crippen LogP contribution in [0.3, 0.4) is 0 Å². The van der Waals surface area contributed by atoms with E-state index < -0.39 is 11.7 Å². The summed E-state index contributed by atoms with van der Waals surface area (Å²) in [5, 5.41) is 3.43. The largest absolute Gasteiger partial charge is 0.365 e. The Balaban J connectivity index is 2.21. The first-order valence-corrected chi connectivity index (χ1v) is 8.88. The van der Waals surface area contributed by atoms with Crippen molar-refractivity contribution in [3.8, 4) is 0 Å². The number of carbonyl (C=O) groups is 1. The zero-order valence-corrected chi connectivity index (χ0v) is 15.1. The fourth-order valence-electron chi connectivity index (χ4n) is 2.53. The van der Waals surface area contributed by atoms with Gasteiger partial charge in [-0.2, -0.15) is 0 Å². The maximum atomic E-state index is 14.1. The summed E-state index contributed by atoms with van der Waals surface area (Å²) >= 11 is 3.41. The minimum Gasteiger partial charge on any atom is -0.365 e. The van der Waals surface area contributed by atoms with Gasteiger partial charge in [0.25, 0.3) is 11.5 Å². The number of nitrogens with one attached hydrogen (secondary N) is 1. The number of fused-ring (bicyclic) bond motifs is 1. The molecule has 0 unspecified atom stereocenters. The highest BCUT2D eigenvalue weighted by Crippen LogP contribution is 2.35. The third kappa shape index (κ3) is 2.85. The van der Waals surface area contributed by atoms with Crippen LogP contribution in [-0.4, -0.2) is 16.2 Å². The average Bonchev–Trinajstić information content (AvgIpc) is 2.96. The van der Waals surface area contributed by atoms with Gasteiger partial charge in [0.15, 0.2) is 0 Å². The number of halogens is 2. The molecule has 1 aliphatic heterocycles. The number of nitrogens with two attached hydrogens (primary N) is 1. The predicted octanol–water partition coefficient (Wildman–Crippen LogP) is 2.85. The topological polar surface area (TPSA) is 77.1 Å². The Labute approximate surface area is 149 Å². The lowest BCUT2D eigenvalue weighted by Crippen LogP contribution is -2.27. The molecule has 0 bridgehead atoms. The molecule has 120 valence electrons. The van der Waals surface area contributed by atoms with Crippen molar-refractivity contribution in [1.29, 1.82) is 0 Å². The van der Waals surface area contributed by atoms with E-state index in [4.69, 9.17) is 5.73 Å². The molecule has 8 heteroatoms. The van der Waals surface area contributed by atoms with Gasteiger partial charge in [-0.3, -0.25) is 9.59 Å². The molecule has 0 spiro atoms. The van der Waals surface area contributed by atoms with Crippen molar-refractivity contribution in [2.75, 3.05) is 11.1 Å². The molecule has 0 saturated heterocycles. The number of nitrogens with zero attached hydrogens (tertiary/aromatic N) is 1. The van der Waals surface area contributed by atoms with Gasteiger partial charge >= 0.3 is 0 Å². The van der Waals surface area contributed by atoms with Gasteiger partial charge in [-0.15, -0.1) is 11.8 Å². The van der Waals surface area contributed by atoms with Crippen molar-refractivity contribution >= 4 is 51.6 Å². The molecule has 0 fully saturated rings. The number of hydrogen-bond donors (Lipinski definition) is 2. The number of primary amides is 1. The normalized spacial score (nSPS) is 13.0. The van der Waals surface area contributed by atoms with Crippen LogP contribution in [0.4, 0.5) is 15.8 Å². The van der Waals surface area contributed by atoms with Crippen LogP contribution in [0, 0.1) is 16.3 Å². The zero-order valence-electron chi connectivity index (χ0n) is 12.2. The average molecular weight is 445 g/mol. The third-order valence-corrected chi connectivity index (χ3v) is 5.40. The second-order valence-corrected chi connectivity index (χ2v) is 7.43. The van der Waals surface area contributed by atoms with E-state index in [-0.39, 0.29) is 22.5 Å². The van der Waals surface area contributed by atoms with E-state index in [0.29, 0.717) is 22.9 Å². The van der Waals surface area contributed by atoms with Gasteiger partial charge in [0.1, 0.15) is 5.82 Å². The Morgan fingerprint density at radius 2 is 2.22 bits per heavy atom. The van der Waals surface area contributed by atoms with Gasteiger partial charge in [-0.1, -0.05) is 0 Å². The van der Waals surface area contributed by atoms with E-state index in [2.05, 4.69) is 5.32 Å². The maximum Gasteiger partial charge on any atom is 0.256 e. The molecular weight excluding hydrogens is 432 g/mol. The van der Waals surface area contributed by atoms with E-state index in [0.717, 1.165) is 3.57 Å². The second-order valence-electron chi connectivity index (χ2n) is 5.10. The van der Waals surface area contributed by atoms with Crippen LogP contribution in [0.25, 0.3) is 0 Å². The Morgan fingerprint density at radius 1 is 1.48 bits per heavy atom. The maximum absolute atomic E-state index is 14.1. The lowest BCUT2D eigenvalue weighted by molar-refractivity contribution is 0.0997. The van der Waals surface area contributed by atoms with Crippen LogP contribution >= 0.6 is 34.4 Å². The van der Waals surface area contributed by atoms with E-state index in [1.807, 2.05) is 22.6 Å². The van der Waals surface area contributed by atoms with Crippen LogP contribution in [0.1, 0.15) is 15.9 Å². The molecule has 2 aromatic rings. The van der Waals surface area contributed by atoms with E-state index in [1.165, 1.54) is 17.8 Å². The molecule has 5 nitrogen and oxygen atoms in total. The lowest BCUT2D eigenvalue weighted by Gasteiger charge is -2.17. The number of amides is 1. The molecule has 0 radical (unpaired) electrons. The Kier molecular flexibility index (Phi) is 4.37. The summed E-state index contributed by atoms with van der Waals surface area (Å²) in [7, 11) is 0. The number of pyridine rings is 1. The molecule has 1 aromatic heterocycles. The van der Waals surface area contributed by atoms with Gasteiger partial charge in [-0.25, -0.2) is 4.39 Å². The van der Waals surface area contributed by atoms with Crippen LogP contribution in [0.5, 0.6) is 0 Å². The summed E-state index contributed by atoms with van der Waals surface area (Å²) in [4.78, 5) is 24.4. The highest BCUT2D eigenvalue weighted by atomic mass is 127. The molecule has 3 rings (SSSR count). The molecule has 23 heavy (non-hydrogen) atoms. The van der Waals surface area contributed by atoms with Crippen molar-refractivity contribution in [3.63, 3.8) is 0 Å². The first kappa shape index (κ1) is 16.3. The third-order valence-electron chi connectivity index (χ3n) is 3.64. The predicted molar refractivity (Wildman–Crippen MR) is 97.1 cm³/mol. The van der Waals surface area contributed by atoms with Gasteiger partial charge in [0, 0.05) is 21.4 Å². The second kappa shape index (κ2) is 6.16. The SMILES string of the molecule is Cc1c(Nc2ccc(I)cc2F)c(C(N)=O)c2n(c1=O)CCS2. The Morgan fingerprint density at radius 3 is 2.87 bits per heavy atom. The van der Waals surface area contributed by atoms with Crippen molar-refractivity contribution in [2.24, 2.45) is 5.73 Å². The van der Waals surface area contributed by atoms with Gasteiger partial charge in [-0.05, 0) is 47.7 Å². The highest BCUT2D eigenvalue weighted by Gasteiger charge is 2.26. The molecule has 3 N–H and O–H groups in total. The number of thioether (sulfide) groups is 1. The number of hydrogen-bond acceptors (Lipinski definition) is 4. The van der Waals surface area contributed by atoms with E-state index in [9.17, 15) is 14.0 Å². The number of benzene rings is 1. The number of aromatic nitrogens is 1. The summed E-state index contributed by atoms with van der Waals surface area (Å²) in [5.41, 5.74) is 6.40. The number of carbonyl (C=O) groups excluding carboxylic acids is 1. The quantitative estimate of drug-likeness (QED) is 0.713. The number of anilines is 2. The Hall–Kier alpha value is -1.55. The minimum absolute atomic E-state index is 0.191. The molecule has 0 atom stereocenters. The van der Waals surface area contributed by atoms with Crippen molar-refractivity contribution in [1.82, 2.24) is 4.57 Å². The van der Waals surface area contributed by atoms with Crippen LogP contribution < -0.4 is 16.6 Å². The zero-order chi connectivity index (χ0) is 16.7. The van der Waals surface area contributed by atoms with Crippen LogP contribution in [0.2, 0.25) is 0 Å². The minimum atomic E-state index is -0.639. The molecule has 0 saturated carbocycles. The monoisotopic (exact) mass is 445 g/mol. The molecule has 0 aliphatic carbocycles. The molecule has 1 aliphatic rings. The van der Waals surface area contributed by atoms with Gasteiger partial charge < -0.3 is 15.6 Å². The van der Waals surface area contributed by atoms with Crippen molar-refractivity contribution in [2.45, 2.75) is 18.5 Å². The summed E-state index contributed by atoms with van der Waals surface area (Å²) < 4.78 is 16.4. The fraction of sp³-hybridized carbons (Fsp3) is 0.200. The first-order chi connectivity index (χ1) is 10.9. The molecule has 1 aromatic carbocycles. The van der Waals surface area contributed by atoms with Crippen molar-refractivity contribution < 1.29 is 9.18 Å². The first-order valence-electron chi connectivity index (χ1n) is 6.82. The summed E-state index contributed by atoms with van der Waals surface area (Å²) in [6.45, 7) is 2.15. The van der Waals surface area contributed by atoms with Gasteiger partial charge in [0.05, 0.1) is 22.0 Å². The molecular formula is C15H13FIN3O2S. The Bertz CT molecular complexity index is 882. The molecule has 1 amide bonds. The number of rotatable bonds is 3. The smallest absolute Gasteiger partial charge is 0.256 e.